The van der Waals surface area contributed by atoms with Gasteiger partial charge in [-0.05, 0) is 124 Å². The lowest BCUT2D eigenvalue weighted by Crippen LogP contribution is -2.62. The highest BCUT2D eigenvalue weighted by Crippen LogP contribution is 2.57. The van der Waals surface area contributed by atoms with Gasteiger partial charge in [0.25, 0.3) is 21.6 Å². The molecular weight excluding hydrogens is 913 g/mol. The number of amides is 1. The summed E-state index contributed by atoms with van der Waals surface area (Å²) in [6, 6.07) is 22.0. The first-order valence-corrected chi connectivity index (χ1v) is 26.6. The van der Waals surface area contributed by atoms with Crippen molar-refractivity contribution in [3.63, 3.8) is 0 Å². The molecule has 1 amide bonds. The van der Waals surface area contributed by atoms with Gasteiger partial charge >= 0.3 is 0 Å². The predicted molar refractivity (Wildman–Crippen MR) is 264 cm³/mol. The number of likely N-dealkylation sites (tertiary alicyclic amines) is 1. The Morgan fingerprint density at radius 1 is 0.886 bits per heavy atom. The number of fused-ring (bicyclic) bond motifs is 5. The highest BCUT2D eigenvalue weighted by Gasteiger charge is 2.54. The standard InChI is InChI=1S/C52H60N8O9S/c61-49(56-70(64,65)38-8-10-41(43(29-38)60(62)63)54-32-34-12-23-66-24-13-34)39-9-7-36(28-42(39)59-44-27-35-11-19-53-48(35)55-50(44)69-47-14-25-67-33-45(47)59)57-21-16-51(17-22-57)30-37(31-51)58-20-4-3-15-52(58)18-26-68-46-6-2-1-5-40(46)52/h1-2,5-11,19,27-29,34,37,45,47,54H,3-4,12-18,20-26,30-33H2,(H,53,55)(H,56,61)/t45-,47-,52+/m0/s1. The van der Waals surface area contributed by atoms with E-state index in [0.29, 0.717) is 68.3 Å². The number of para-hydroxylation sites is 1. The second-order valence-corrected chi connectivity index (χ2v) is 22.2. The van der Waals surface area contributed by atoms with Gasteiger partial charge in [-0.2, -0.15) is 4.98 Å². The third-order valence-corrected chi connectivity index (χ3v) is 18.0. The van der Waals surface area contributed by atoms with Gasteiger partial charge in [0.1, 0.15) is 28.9 Å². The van der Waals surface area contributed by atoms with E-state index in [-0.39, 0.29) is 40.3 Å². The molecule has 0 unspecified atom stereocenters. The molecule has 18 heteroatoms. The van der Waals surface area contributed by atoms with E-state index in [1.807, 2.05) is 35.4 Å². The first kappa shape index (κ1) is 45.2. The summed E-state index contributed by atoms with van der Waals surface area (Å²) >= 11 is 0. The number of nitrogens with zero attached hydrogens (tertiary/aromatic N) is 5. The van der Waals surface area contributed by atoms with Crippen LogP contribution in [-0.2, 0) is 25.0 Å². The van der Waals surface area contributed by atoms with Gasteiger partial charge in [0.15, 0.2) is 0 Å². The van der Waals surface area contributed by atoms with Crippen molar-refractivity contribution in [2.75, 3.05) is 74.3 Å². The molecule has 7 aliphatic rings. The van der Waals surface area contributed by atoms with Crippen LogP contribution in [0.2, 0.25) is 0 Å². The Balaban J connectivity index is 0.831. The Kier molecular flexibility index (Phi) is 11.6. The highest BCUT2D eigenvalue weighted by molar-refractivity contribution is 7.90. The van der Waals surface area contributed by atoms with Gasteiger partial charge < -0.3 is 39.0 Å². The Hall–Kier alpha value is -5.95. The molecule has 3 aromatic carbocycles. The molecule has 3 atom stereocenters. The third-order valence-electron chi connectivity index (χ3n) is 16.6. The van der Waals surface area contributed by atoms with Gasteiger partial charge in [-0.25, -0.2) is 13.1 Å². The number of hydrogen-bond donors (Lipinski definition) is 3. The van der Waals surface area contributed by atoms with Crippen LogP contribution in [0.15, 0.2) is 83.9 Å². The first-order valence-electron chi connectivity index (χ1n) is 25.1. The van der Waals surface area contributed by atoms with E-state index >= 15 is 0 Å². The number of sulfonamides is 1. The average molecular weight is 973 g/mol. The van der Waals surface area contributed by atoms with Crippen LogP contribution in [0.1, 0.15) is 86.6 Å². The normalized spacial score (nSPS) is 24.7. The lowest BCUT2D eigenvalue weighted by atomic mass is 9.58. The number of nitrogens with one attached hydrogen (secondary N) is 3. The molecule has 1 saturated carbocycles. The number of aromatic nitrogens is 2. The number of piperidine rings is 2. The molecule has 3 N–H and O–H groups in total. The monoisotopic (exact) mass is 972 g/mol. The SMILES string of the molecule is O=C(NS(=O)(=O)c1ccc(NCC2CCOCC2)c([N+](=O)[O-])c1)c1ccc(N2CCC3(CC2)CC(N2CCCC[C@]24CCOc2ccccc24)C3)cc1N1c2cc3cc[nH]c3nc2O[C@H]2CCOC[C@@H]21. The summed E-state index contributed by atoms with van der Waals surface area (Å²) < 4.78 is 54.8. The quantitative estimate of drug-likeness (QED) is 0.0900. The molecule has 0 bridgehead atoms. The van der Waals surface area contributed by atoms with Gasteiger partial charge in [-0.3, -0.25) is 19.8 Å². The largest absolute Gasteiger partial charge is 0.493 e. The van der Waals surface area contributed by atoms with Gasteiger partial charge in [-0.1, -0.05) is 18.2 Å². The lowest BCUT2D eigenvalue weighted by molar-refractivity contribution is -0.384. The van der Waals surface area contributed by atoms with Gasteiger partial charge in [0.05, 0.1) is 52.5 Å². The molecule has 12 rings (SSSR count). The van der Waals surface area contributed by atoms with E-state index in [4.69, 9.17) is 23.9 Å². The number of aromatic amines is 1. The first-order chi connectivity index (χ1) is 34.1. The van der Waals surface area contributed by atoms with E-state index < -0.39 is 31.4 Å². The Morgan fingerprint density at radius 3 is 2.56 bits per heavy atom. The number of carbonyl (C=O) groups is 1. The summed E-state index contributed by atoms with van der Waals surface area (Å²) in [6.07, 6.45) is 12.8. The molecule has 8 heterocycles. The van der Waals surface area contributed by atoms with E-state index in [1.165, 1.54) is 49.8 Å². The number of hydrogen-bond acceptors (Lipinski definition) is 14. The van der Waals surface area contributed by atoms with Crippen molar-refractivity contribution in [2.24, 2.45) is 11.3 Å². The van der Waals surface area contributed by atoms with Crippen LogP contribution in [0.4, 0.5) is 28.4 Å². The van der Waals surface area contributed by atoms with Crippen LogP contribution >= 0.6 is 0 Å². The van der Waals surface area contributed by atoms with Gasteiger partial charge in [0, 0.05) is 80.6 Å². The van der Waals surface area contributed by atoms with Crippen LogP contribution in [0.3, 0.4) is 0 Å². The zero-order chi connectivity index (χ0) is 47.6. The maximum Gasteiger partial charge on any atom is 0.293 e. The molecular formula is C52H60N8O9S. The smallest absolute Gasteiger partial charge is 0.293 e. The molecule has 6 aliphatic heterocycles. The average Bonchev–Trinajstić information content (AvgIpc) is 3.84. The fourth-order valence-corrected chi connectivity index (χ4v) is 13.8. The van der Waals surface area contributed by atoms with Crippen LogP contribution in [0.5, 0.6) is 11.6 Å². The summed E-state index contributed by atoms with van der Waals surface area (Å²) in [4.78, 5) is 41.3. The number of pyridine rings is 1. The maximum atomic E-state index is 14.7. The highest BCUT2D eigenvalue weighted by atomic mass is 32.2. The molecule has 5 aromatic rings. The van der Waals surface area contributed by atoms with E-state index in [1.54, 1.807) is 6.07 Å². The number of anilines is 4. The summed E-state index contributed by atoms with van der Waals surface area (Å²) in [7, 11) is -4.60. The van der Waals surface area contributed by atoms with Crippen molar-refractivity contribution in [3.8, 4) is 11.6 Å². The number of rotatable bonds is 10. The topological polar surface area (TPSA) is 194 Å². The number of nitro benzene ring substituents is 1. The van der Waals surface area contributed by atoms with E-state index in [2.05, 4.69) is 49.1 Å². The number of benzene rings is 3. The number of nitro groups is 1. The van der Waals surface area contributed by atoms with Crippen molar-refractivity contribution < 1.29 is 37.1 Å². The molecule has 0 radical (unpaired) electrons. The van der Waals surface area contributed by atoms with Crippen molar-refractivity contribution in [2.45, 2.75) is 99.3 Å². The minimum atomic E-state index is -4.60. The van der Waals surface area contributed by atoms with Crippen molar-refractivity contribution in [1.29, 1.82) is 0 Å². The van der Waals surface area contributed by atoms with E-state index in [9.17, 15) is 23.3 Å². The Morgan fingerprint density at radius 2 is 1.71 bits per heavy atom. The number of ether oxygens (including phenoxy) is 4. The molecule has 4 saturated heterocycles. The molecule has 1 aliphatic carbocycles. The van der Waals surface area contributed by atoms with Crippen molar-refractivity contribution >= 4 is 55.4 Å². The zero-order valence-corrected chi connectivity index (χ0v) is 40.1. The fourth-order valence-electron chi connectivity index (χ4n) is 12.8. The molecule has 2 spiro atoms. The van der Waals surface area contributed by atoms with Crippen LogP contribution in [0.25, 0.3) is 11.0 Å². The second-order valence-electron chi connectivity index (χ2n) is 20.5. The minimum Gasteiger partial charge on any atom is -0.493 e. The van der Waals surface area contributed by atoms with E-state index in [0.717, 1.165) is 81.2 Å². The fraction of sp³-hybridized carbons (Fsp3) is 0.500. The maximum absolute atomic E-state index is 14.7. The minimum absolute atomic E-state index is 0.0391. The number of carbonyl (C=O) groups excluding carboxylic acids is 1. The van der Waals surface area contributed by atoms with Gasteiger partial charge in [0.2, 0.25) is 5.88 Å². The zero-order valence-electron chi connectivity index (χ0n) is 39.3. The predicted octanol–water partition coefficient (Wildman–Crippen LogP) is 8.03. The van der Waals surface area contributed by atoms with Gasteiger partial charge in [-0.15, -0.1) is 0 Å². The summed E-state index contributed by atoms with van der Waals surface area (Å²) in [5.41, 5.74) is 4.29. The second kappa shape index (κ2) is 18.0. The molecule has 368 valence electrons. The van der Waals surface area contributed by atoms with Crippen LogP contribution < -0.4 is 29.3 Å². The number of H-pyrrole nitrogens is 1. The molecule has 5 fully saturated rings. The van der Waals surface area contributed by atoms with Crippen LogP contribution in [0, 0.1) is 21.4 Å². The Bertz CT molecular complexity index is 2930. The third kappa shape index (κ3) is 8.09. The summed E-state index contributed by atoms with van der Waals surface area (Å²) in [6.45, 7) is 6.10. The lowest BCUT2D eigenvalue weighted by Gasteiger charge is -2.61. The summed E-state index contributed by atoms with van der Waals surface area (Å²) in [5.74, 6) is 0.842. The molecule has 70 heavy (non-hydrogen) atoms. The Labute approximate surface area is 407 Å². The van der Waals surface area contributed by atoms with Crippen molar-refractivity contribution in [3.05, 3.63) is 100 Å². The van der Waals surface area contributed by atoms with Crippen LogP contribution in [-0.4, -0.2) is 112 Å². The summed E-state index contributed by atoms with van der Waals surface area (Å²) in [5, 5.41) is 16.3. The van der Waals surface area contributed by atoms with Crippen molar-refractivity contribution in [1.82, 2.24) is 19.6 Å². The molecule has 17 nitrogen and oxygen atoms in total. The molecule has 2 aromatic heterocycles.